The van der Waals surface area contributed by atoms with Crippen LogP contribution < -0.4 is 5.32 Å². The van der Waals surface area contributed by atoms with Crippen LogP contribution >= 0.6 is 0 Å². The van der Waals surface area contributed by atoms with Gasteiger partial charge in [0.15, 0.2) is 0 Å². The van der Waals surface area contributed by atoms with E-state index in [1.807, 2.05) is 0 Å². The minimum atomic E-state index is -0.251. The van der Waals surface area contributed by atoms with Gasteiger partial charge >= 0.3 is 0 Å². The molecule has 0 aliphatic carbocycles. The lowest BCUT2D eigenvalue weighted by Gasteiger charge is -2.25. The minimum Gasteiger partial charge on any atom is -0.395 e. The number of morpholine rings is 1. The number of ether oxygens (including phenoxy) is 1. The molecule has 0 unspecified atom stereocenters. The highest BCUT2D eigenvalue weighted by atomic mass is 16.5. The fourth-order valence-corrected chi connectivity index (χ4v) is 1.16. The average molecular weight is 256 g/mol. The third kappa shape index (κ3) is 7.59. The third-order valence-corrected chi connectivity index (χ3v) is 2.09. The molecular weight excluding hydrogens is 236 g/mol. The standard InChI is InChI=1S/C7H11NO2.C5H9NO2/c1-2-7(9)8-3-5-10-6-4-8;1-2-5(8)6-3-4-7/h2H,1,3-6H2;2,7H,1,3-4H2,(H,6,8). The number of carbonyl (C=O) groups excluding carboxylic acids is 2. The molecule has 1 aliphatic heterocycles. The summed E-state index contributed by atoms with van der Waals surface area (Å²) in [7, 11) is 0. The number of rotatable bonds is 4. The van der Waals surface area contributed by atoms with Gasteiger partial charge in [0.05, 0.1) is 19.8 Å². The molecule has 18 heavy (non-hydrogen) atoms. The smallest absolute Gasteiger partial charge is 0.246 e. The Kier molecular flexibility index (Phi) is 9.52. The van der Waals surface area contributed by atoms with E-state index in [1.165, 1.54) is 6.08 Å². The molecular formula is C12H20N2O4. The molecule has 1 rings (SSSR count). The number of aliphatic hydroxyl groups is 1. The zero-order valence-electron chi connectivity index (χ0n) is 10.4. The molecule has 1 fully saturated rings. The van der Waals surface area contributed by atoms with E-state index >= 15 is 0 Å². The maximum atomic E-state index is 10.9. The van der Waals surface area contributed by atoms with Gasteiger partial charge in [-0.1, -0.05) is 13.2 Å². The van der Waals surface area contributed by atoms with Crippen molar-refractivity contribution in [2.24, 2.45) is 0 Å². The number of hydrogen-bond acceptors (Lipinski definition) is 4. The highest BCUT2D eigenvalue weighted by molar-refractivity contribution is 5.87. The van der Waals surface area contributed by atoms with Crippen molar-refractivity contribution in [2.45, 2.75) is 0 Å². The SMILES string of the molecule is C=CC(=O)N1CCOCC1.C=CC(=O)NCCO. The van der Waals surface area contributed by atoms with Gasteiger partial charge in [0, 0.05) is 19.6 Å². The molecule has 0 aromatic carbocycles. The van der Waals surface area contributed by atoms with Crippen LogP contribution in [0.25, 0.3) is 0 Å². The van der Waals surface area contributed by atoms with Crippen LogP contribution in [0.5, 0.6) is 0 Å². The lowest BCUT2D eigenvalue weighted by molar-refractivity contribution is -0.129. The Labute approximate surface area is 107 Å². The molecule has 0 spiro atoms. The molecule has 102 valence electrons. The van der Waals surface area contributed by atoms with Crippen molar-refractivity contribution in [3.8, 4) is 0 Å². The van der Waals surface area contributed by atoms with Crippen LogP contribution in [0, 0.1) is 0 Å². The quantitative estimate of drug-likeness (QED) is 0.653. The number of hydrogen-bond donors (Lipinski definition) is 2. The van der Waals surface area contributed by atoms with E-state index in [4.69, 9.17) is 9.84 Å². The molecule has 2 amide bonds. The predicted octanol–water partition coefficient (Wildman–Crippen LogP) is -0.688. The van der Waals surface area contributed by atoms with Gasteiger partial charge in [0.2, 0.25) is 11.8 Å². The largest absolute Gasteiger partial charge is 0.395 e. The molecule has 0 bridgehead atoms. The summed E-state index contributed by atoms with van der Waals surface area (Å²) in [6.07, 6.45) is 2.50. The molecule has 2 N–H and O–H groups in total. The first-order valence-electron chi connectivity index (χ1n) is 5.66. The van der Waals surface area contributed by atoms with E-state index in [-0.39, 0.29) is 18.4 Å². The van der Waals surface area contributed by atoms with Crippen LogP contribution in [-0.4, -0.2) is 61.3 Å². The first-order valence-corrected chi connectivity index (χ1v) is 5.66. The first kappa shape index (κ1) is 16.3. The Morgan fingerprint density at radius 1 is 1.28 bits per heavy atom. The summed E-state index contributed by atoms with van der Waals surface area (Å²) in [6.45, 7) is 9.60. The first-order chi connectivity index (χ1) is 8.65. The average Bonchev–Trinajstić information content (AvgIpc) is 2.45. The van der Waals surface area contributed by atoms with Gasteiger partial charge in [0.1, 0.15) is 0 Å². The predicted molar refractivity (Wildman–Crippen MR) is 67.9 cm³/mol. The van der Waals surface area contributed by atoms with Gasteiger partial charge in [-0.2, -0.15) is 0 Å². The van der Waals surface area contributed by atoms with Gasteiger partial charge in [-0.3, -0.25) is 9.59 Å². The fourth-order valence-electron chi connectivity index (χ4n) is 1.16. The van der Waals surface area contributed by atoms with Gasteiger partial charge in [-0.05, 0) is 12.2 Å². The molecule has 6 nitrogen and oxygen atoms in total. The molecule has 0 aromatic heterocycles. The summed E-state index contributed by atoms with van der Waals surface area (Å²) in [5.41, 5.74) is 0. The van der Waals surface area contributed by atoms with Gasteiger partial charge in [0.25, 0.3) is 0 Å². The number of nitrogens with zero attached hydrogens (tertiary/aromatic N) is 1. The van der Waals surface area contributed by atoms with Crippen molar-refractivity contribution in [3.63, 3.8) is 0 Å². The van der Waals surface area contributed by atoms with E-state index in [1.54, 1.807) is 4.90 Å². The van der Waals surface area contributed by atoms with E-state index in [2.05, 4.69) is 18.5 Å². The summed E-state index contributed by atoms with van der Waals surface area (Å²) in [5.74, 6) is -0.248. The summed E-state index contributed by atoms with van der Waals surface area (Å²) >= 11 is 0. The molecule has 6 heteroatoms. The van der Waals surface area contributed by atoms with Crippen molar-refractivity contribution >= 4 is 11.8 Å². The van der Waals surface area contributed by atoms with Crippen LogP contribution in [0.2, 0.25) is 0 Å². The van der Waals surface area contributed by atoms with Gasteiger partial charge in [-0.15, -0.1) is 0 Å². The Hall–Kier alpha value is -1.66. The summed E-state index contributed by atoms with van der Waals surface area (Å²) in [5, 5.41) is 10.5. The third-order valence-electron chi connectivity index (χ3n) is 2.09. The van der Waals surface area contributed by atoms with Crippen molar-refractivity contribution in [1.29, 1.82) is 0 Å². The molecule has 0 saturated carbocycles. The second kappa shape index (κ2) is 10.5. The van der Waals surface area contributed by atoms with Crippen molar-refractivity contribution in [2.75, 3.05) is 39.5 Å². The Morgan fingerprint density at radius 2 is 1.89 bits per heavy atom. The Balaban J connectivity index is 0.000000331. The van der Waals surface area contributed by atoms with Crippen LogP contribution in [0.1, 0.15) is 0 Å². The number of aliphatic hydroxyl groups excluding tert-OH is 1. The highest BCUT2D eigenvalue weighted by Crippen LogP contribution is 1.96. The second-order valence-electron chi connectivity index (χ2n) is 3.36. The zero-order chi connectivity index (χ0) is 13.8. The van der Waals surface area contributed by atoms with E-state index in [0.717, 1.165) is 6.08 Å². The van der Waals surface area contributed by atoms with E-state index < -0.39 is 0 Å². The number of carbonyl (C=O) groups is 2. The second-order valence-corrected chi connectivity index (χ2v) is 3.36. The lowest BCUT2D eigenvalue weighted by atomic mass is 10.4. The summed E-state index contributed by atoms with van der Waals surface area (Å²) < 4.78 is 5.07. The van der Waals surface area contributed by atoms with Crippen LogP contribution in [0.4, 0.5) is 0 Å². The monoisotopic (exact) mass is 256 g/mol. The van der Waals surface area contributed by atoms with Crippen molar-refractivity contribution < 1.29 is 19.4 Å². The normalized spacial score (nSPS) is 13.9. The molecule has 0 atom stereocenters. The van der Waals surface area contributed by atoms with Crippen LogP contribution in [0.3, 0.4) is 0 Å². The van der Waals surface area contributed by atoms with E-state index in [0.29, 0.717) is 32.8 Å². The topological polar surface area (TPSA) is 78.9 Å². The van der Waals surface area contributed by atoms with E-state index in [9.17, 15) is 9.59 Å². The highest BCUT2D eigenvalue weighted by Gasteiger charge is 2.12. The van der Waals surface area contributed by atoms with Crippen molar-refractivity contribution in [3.05, 3.63) is 25.3 Å². The number of nitrogens with one attached hydrogen (secondary N) is 1. The minimum absolute atomic E-state index is 0.00306. The maximum Gasteiger partial charge on any atom is 0.246 e. The maximum absolute atomic E-state index is 10.9. The molecule has 1 saturated heterocycles. The lowest BCUT2D eigenvalue weighted by Crippen LogP contribution is -2.39. The van der Waals surface area contributed by atoms with Crippen LogP contribution in [0.15, 0.2) is 25.3 Å². The molecule has 1 aliphatic rings. The van der Waals surface area contributed by atoms with Gasteiger partial charge < -0.3 is 20.1 Å². The van der Waals surface area contributed by atoms with Crippen LogP contribution in [-0.2, 0) is 14.3 Å². The van der Waals surface area contributed by atoms with Crippen molar-refractivity contribution in [1.82, 2.24) is 10.2 Å². The molecule has 0 radical (unpaired) electrons. The number of amides is 2. The molecule has 0 aromatic rings. The fraction of sp³-hybridized carbons (Fsp3) is 0.500. The Morgan fingerprint density at radius 3 is 2.33 bits per heavy atom. The van der Waals surface area contributed by atoms with Gasteiger partial charge in [-0.25, -0.2) is 0 Å². The molecule has 1 heterocycles. The summed E-state index contributed by atoms with van der Waals surface area (Å²) in [6, 6.07) is 0. The zero-order valence-corrected chi connectivity index (χ0v) is 10.4. The summed E-state index contributed by atoms with van der Waals surface area (Å²) in [4.78, 5) is 22.9. The Bertz CT molecular complexity index is 286.